The largest absolute Gasteiger partial charge is 0.356 e. The lowest BCUT2D eigenvalue weighted by Gasteiger charge is -2.12. The van der Waals surface area contributed by atoms with Gasteiger partial charge in [-0.1, -0.05) is 30.3 Å². The van der Waals surface area contributed by atoms with Crippen molar-refractivity contribution in [3.8, 4) is 0 Å². The third-order valence-corrected chi connectivity index (χ3v) is 2.11. The van der Waals surface area contributed by atoms with Gasteiger partial charge in [0.05, 0.1) is 6.61 Å². The Morgan fingerprint density at radius 1 is 1.38 bits per heavy atom. The van der Waals surface area contributed by atoms with E-state index in [0.29, 0.717) is 19.7 Å². The second kappa shape index (κ2) is 7.14. The first-order valence-corrected chi connectivity index (χ1v) is 5.18. The second-order valence-corrected chi connectivity index (χ2v) is 3.38. The number of rotatable bonds is 7. The zero-order chi connectivity index (χ0) is 11.8. The fourth-order valence-corrected chi connectivity index (χ4v) is 1.22. The molecule has 1 aromatic carbocycles. The highest BCUT2D eigenvalue weighted by Crippen LogP contribution is 2.03. The van der Waals surface area contributed by atoms with Crippen LogP contribution in [0.4, 0.5) is 0 Å². The zero-order valence-corrected chi connectivity index (χ0v) is 9.23. The van der Waals surface area contributed by atoms with Crippen molar-refractivity contribution in [1.82, 2.24) is 5.32 Å². The minimum atomic E-state index is -0.966. The number of hydrogen-bond acceptors (Lipinski definition) is 4. The Kier molecular flexibility index (Phi) is 5.74. The number of aliphatic hydroxyl groups excluding tert-OH is 1. The molecule has 16 heavy (non-hydrogen) atoms. The summed E-state index contributed by atoms with van der Waals surface area (Å²) in [7, 11) is 0. The predicted molar refractivity (Wildman–Crippen MR) is 63.3 cm³/mol. The van der Waals surface area contributed by atoms with Crippen molar-refractivity contribution in [2.75, 3.05) is 6.61 Å². The van der Waals surface area contributed by atoms with Crippen molar-refractivity contribution < 1.29 is 9.84 Å². The average Bonchev–Trinajstić information content (AvgIpc) is 2.34. The van der Waals surface area contributed by atoms with Crippen LogP contribution in [0.5, 0.6) is 0 Å². The van der Waals surface area contributed by atoms with Crippen LogP contribution in [0.25, 0.3) is 0 Å². The third kappa shape index (κ3) is 4.55. The van der Waals surface area contributed by atoms with Crippen LogP contribution in [0, 0.1) is 0 Å². The zero-order valence-electron chi connectivity index (χ0n) is 9.23. The number of ether oxygens (including phenoxy) is 1. The van der Waals surface area contributed by atoms with E-state index < -0.39 is 6.41 Å². The molecule has 0 aliphatic carbocycles. The number of hydrogen-bond donors (Lipinski definition) is 3. The van der Waals surface area contributed by atoms with Gasteiger partial charge in [-0.3, -0.25) is 5.32 Å². The lowest BCUT2D eigenvalue weighted by atomic mass is 10.1. The fourth-order valence-electron chi connectivity index (χ4n) is 1.22. The number of benzene rings is 1. The standard InChI is InChI=1S/C12H18N2O2/c1-2-7-16-12(15)14-9-11-5-3-10(8-13)4-6-11/h2-6,12,14-15H,1,7-9,13H2. The molecular weight excluding hydrogens is 204 g/mol. The van der Waals surface area contributed by atoms with E-state index in [1.165, 1.54) is 0 Å². The van der Waals surface area contributed by atoms with Crippen LogP contribution in [0.15, 0.2) is 36.9 Å². The maximum absolute atomic E-state index is 9.34. The van der Waals surface area contributed by atoms with Gasteiger partial charge in [0, 0.05) is 13.1 Å². The van der Waals surface area contributed by atoms with Crippen molar-refractivity contribution in [1.29, 1.82) is 0 Å². The van der Waals surface area contributed by atoms with E-state index >= 15 is 0 Å². The molecule has 4 N–H and O–H groups in total. The van der Waals surface area contributed by atoms with E-state index in [-0.39, 0.29) is 0 Å². The van der Waals surface area contributed by atoms with Gasteiger partial charge in [-0.2, -0.15) is 0 Å². The van der Waals surface area contributed by atoms with Gasteiger partial charge in [-0.25, -0.2) is 0 Å². The van der Waals surface area contributed by atoms with Gasteiger partial charge in [-0.05, 0) is 11.1 Å². The van der Waals surface area contributed by atoms with E-state index in [4.69, 9.17) is 10.5 Å². The molecule has 0 bridgehead atoms. The first-order valence-electron chi connectivity index (χ1n) is 5.18. The molecule has 1 unspecified atom stereocenters. The molecule has 0 aliphatic heterocycles. The summed E-state index contributed by atoms with van der Waals surface area (Å²) in [5.41, 5.74) is 7.65. The van der Waals surface area contributed by atoms with Crippen LogP contribution in [-0.4, -0.2) is 18.1 Å². The molecule has 0 amide bonds. The van der Waals surface area contributed by atoms with Crippen molar-refractivity contribution in [3.63, 3.8) is 0 Å². The Hall–Kier alpha value is -1.20. The quantitative estimate of drug-likeness (QED) is 0.469. The minimum absolute atomic E-state index is 0.320. The molecule has 0 spiro atoms. The van der Waals surface area contributed by atoms with Gasteiger partial charge in [0.15, 0.2) is 0 Å². The highest BCUT2D eigenvalue weighted by atomic mass is 16.6. The molecule has 0 aliphatic rings. The van der Waals surface area contributed by atoms with Gasteiger partial charge >= 0.3 is 0 Å². The maximum atomic E-state index is 9.34. The second-order valence-electron chi connectivity index (χ2n) is 3.38. The van der Waals surface area contributed by atoms with Crippen LogP contribution >= 0.6 is 0 Å². The van der Waals surface area contributed by atoms with Crippen molar-refractivity contribution in [2.24, 2.45) is 5.73 Å². The molecule has 1 aromatic rings. The van der Waals surface area contributed by atoms with E-state index in [1.54, 1.807) is 6.08 Å². The summed E-state index contributed by atoms with van der Waals surface area (Å²) in [5.74, 6) is 0. The molecule has 0 fully saturated rings. The molecule has 0 aromatic heterocycles. The van der Waals surface area contributed by atoms with Crippen molar-refractivity contribution in [2.45, 2.75) is 19.5 Å². The molecule has 1 atom stereocenters. The molecule has 0 heterocycles. The topological polar surface area (TPSA) is 67.5 Å². The molecular formula is C12H18N2O2. The van der Waals surface area contributed by atoms with Crippen LogP contribution in [0.1, 0.15) is 11.1 Å². The lowest BCUT2D eigenvalue weighted by Crippen LogP contribution is -2.30. The molecule has 0 saturated carbocycles. The molecule has 0 saturated heterocycles. The summed E-state index contributed by atoms with van der Waals surface area (Å²) in [6.45, 7) is 4.90. The Balaban J connectivity index is 2.33. The normalized spacial score (nSPS) is 12.4. The molecule has 4 heteroatoms. The molecule has 1 rings (SSSR count). The van der Waals surface area contributed by atoms with Crippen LogP contribution in [-0.2, 0) is 17.8 Å². The van der Waals surface area contributed by atoms with Gasteiger partial charge in [0.25, 0.3) is 0 Å². The van der Waals surface area contributed by atoms with Crippen LogP contribution in [0.2, 0.25) is 0 Å². The number of nitrogens with two attached hydrogens (primary N) is 1. The fraction of sp³-hybridized carbons (Fsp3) is 0.333. The van der Waals surface area contributed by atoms with Gasteiger partial charge < -0.3 is 15.6 Å². The smallest absolute Gasteiger partial charge is 0.214 e. The molecule has 88 valence electrons. The Morgan fingerprint density at radius 2 is 2.00 bits per heavy atom. The molecule has 0 radical (unpaired) electrons. The third-order valence-electron chi connectivity index (χ3n) is 2.11. The Labute approximate surface area is 95.7 Å². The highest BCUT2D eigenvalue weighted by molar-refractivity contribution is 5.22. The summed E-state index contributed by atoms with van der Waals surface area (Å²) in [5, 5.41) is 12.2. The summed E-state index contributed by atoms with van der Waals surface area (Å²) in [6.07, 6.45) is 0.619. The molecule has 4 nitrogen and oxygen atoms in total. The SMILES string of the molecule is C=CCOC(O)NCc1ccc(CN)cc1. The Bertz CT molecular complexity index is 311. The predicted octanol–water partition coefficient (Wildman–Crippen LogP) is 0.713. The summed E-state index contributed by atoms with van der Waals surface area (Å²) < 4.78 is 4.96. The van der Waals surface area contributed by atoms with Crippen LogP contribution in [0.3, 0.4) is 0 Å². The van der Waals surface area contributed by atoms with E-state index in [9.17, 15) is 5.11 Å². The van der Waals surface area contributed by atoms with Gasteiger partial charge in [0.2, 0.25) is 6.41 Å². The van der Waals surface area contributed by atoms with Gasteiger partial charge in [0.1, 0.15) is 0 Å². The van der Waals surface area contributed by atoms with E-state index in [2.05, 4.69) is 11.9 Å². The van der Waals surface area contributed by atoms with Crippen molar-refractivity contribution >= 4 is 0 Å². The van der Waals surface area contributed by atoms with Gasteiger partial charge in [-0.15, -0.1) is 6.58 Å². The summed E-state index contributed by atoms with van der Waals surface area (Å²) in [4.78, 5) is 0. The highest BCUT2D eigenvalue weighted by Gasteiger charge is 2.01. The minimum Gasteiger partial charge on any atom is -0.356 e. The lowest BCUT2D eigenvalue weighted by molar-refractivity contribution is -0.112. The number of aliphatic hydroxyl groups is 1. The Morgan fingerprint density at radius 3 is 2.56 bits per heavy atom. The first kappa shape index (κ1) is 12.9. The summed E-state index contributed by atoms with van der Waals surface area (Å²) in [6, 6.07) is 7.87. The summed E-state index contributed by atoms with van der Waals surface area (Å²) >= 11 is 0. The van der Waals surface area contributed by atoms with E-state index in [1.807, 2.05) is 24.3 Å². The maximum Gasteiger partial charge on any atom is 0.214 e. The van der Waals surface area contributed by atoms with Crippen molar-refractivity contribution in [3.05, 3.63) is 48.0 Å². The number of nitrogens with one attached hydrogen (secondary N) is 1. The van der Waals surface area contributed by atoms with E-state index in [0.717, 1.165) is 11.1 Å². The first-order chi connectivity index (χ1) is 7.76. The average molecular weight is 222 g/mol. The monoisotopic (exact) mass is 222 g/mol. The van der Waals surface area contributed by atoms with Crippen LogP contribution < -0.4 is 11.1 Å².